The van der Waals surface area contributed by atoms with Crippen molar-refractivity contribution >= 4 is 0 Å². The Bertz CT molecular complexity index is 534. The minimum Gasteiger partial charge on any atom is -0.493 e. The molecule has 2 heteroatoms. The van der Waals surface area contributed by atoms with Gasteiger partial charge in [0.1, 0.15) is 5.75 Å². The number of aryl methyl sites for hydroxylation is 2. The van der Waals surface area contributed by atoms with Gasteiger partial charge in [0.05, 0.1) is 13.2 Å². The van der Waals surface area contributed by atoms with Crippen LogP contribution < -0.4 is 4.74 Å². The quantitative estimate of drug-likeness (QED) is 0.887. The second kappa shape index (κ2) is 6.39. The third-order valence-electron chi connectivity index (χ3n) is 3.29. The molecule has 2 aromatic rings. The summed E-state index contributed by atoms with van der Waals surface area (Å²) in [4.78, 5) is 0. The van der Waals surface area contributed by atoms with E-state index in [-0.39, 0.29) is 12.5 Å². The van der Waals surface area contributed by atoms with Crippen molar-refractivity contribution in [2.75, 3.05) is 13.2 Å². The second-order valence-electron chi connectivity index (χ2n) is 4.86. The van der Waals surface area contributed by atoms with Crippen LogP contribution in [0.3, 0.4) is 0 Å². The summed E-state index contributed by atoms with van der Waals surface area (Å²) in [6.07, 6.45) is 0. The van der Waals surface area contributed by atoms with E-state index in [9.17, 15) is 5.11 Å². The first kappa shape index (κ1) is 13.6. The molecule has 100 valence electrons. The van der Waals surface area contributed by atoms with Crippen LogP contribution in [0, 0.1) is 13.8 Å². The van der Waals surface area contributed by atoms with Crippen molar-refractivity contribution in [1.29, 1.82) is 0 Å². The number of ether oxygens (including phenoxy) is 1. The molecule has 19 heavy (non-hydrogen) atoms. The van der Waals surface area contributed by atoms with E-state index in [0.717, 1.165) is 11.3 Å². The SMILES string of the molecule is Cc1cccc(OCC(CO)c2ccccc2C)c1. The highest BCUT2D eigenvalue weighted by Crippen LogP contribution is 2.21. The van der Waals surface area contributed by atoms with Gasteiger partial charge in [0.2, 0.25) is 0 Å². The average molecular weight is 256 g/mol. The van der Waals surface area contributed by atoms with Gasteiger partial charge in [-0.15, -0.1) is 0 Å². The Morgan fingerprint density at radius 2 is 1.84 bits per heavy atom. The van der Waals surface area contributed by atoms with Gasteiger partial charge < -0.3 is 9.84 Å². The number of benzene rings is 2. The molecule has 0 fully saturated rings. The summed E-state index contributed by atoms with van der Waals surface area (Å²) < 4.78 is 5.79. The van der Waals surface area contributed by atoms with Crippen molar-refractivity contribution < 1.29 is 9.84 Å². The van der Waals surface area contributed by atoms with Crippen LogP contribution in [0.1, 0.15) is 22.6 Å². The first-order valence-corrected chi connectivity index (χ1v) is 6.56. The maximum atomic E-state index is 9.56. The fourth-order valence-electron chi connectivity index (χ4n) is 2.19. The van der Waals surface area contributed by atoms with Gasteiger partial charge in [-0.25, -0.2) is 0 Å². The zero-order valence-corrected chi connectivity index (χ0v) is 11.5. The second-order valence-corrected chi connectivity index (χ2v) is 4.86. The zero-order chi connectivity index (χ0) is 13.7. The van der Waals surface area contributed by atoms with Crippen molar-refractivity contribution in [3.05, 3.63) is 65.2 Å². The number of rotatable bonds is 5. The lowest BCUT2D eigenvalue weighted by molar-refractivity contribution is 0.204. The van der Waals surface area contributed by atoms with Crippen LogP contribution in [0.2, 0.25) is 0 Å². The summed E-state index contributed by atoms with van der Waals surface area (Å²) in [6.45, 7) is 4.68. The standard InChI is InChI=1S/C17H20O2/c1-13-6-5-8-16(10-13)19-12-15(11-18)17-9-4-3-7-14(17)2/h3-10,15,18H,11-12H2,1-2H3. The summed E-state index contributed by atoms with van der Waals surface area (Å²) in [6, 6.07) is 16.1. The van der Waals surface area contributed by atoms with Crippen LogP contribution in [0.25, 0.3) is 0 Å². The minimum absolute atomic E-state index is 0.0155. The van der Waals surface area contributed by atoms with Gasteiger partial charge in [-0.3, -0.25) is 0 Å². The number of hydrogen-bond acceptors (Lipinski definition) is 2. The molecular formula is C17H20O2. The van der Waals surface area contributed by atoms with Crippen LogP contribution in [0.5, 0.6) is 5.75 Å². The Labute approximate surface area is 114 Å². The van der Waals surface area contributed by atoms with Crippen LogP contribution in [-0.2, 0) is 0 Å². The first-order chi connectivity index (χ1) is 9.20. The van der Waals surface area contributed by atoms with Crippen molar-refractivity contribution in [2.24, 2.45) is 0 Å². The Balaban J connectivity index is 2.06. The van der Waals surface area contributed by atoms with Crippen molar-refractivity contribution in [2.45, 2.75) is 19.8 Å². The molecule has 0 aliphatic rings. The minimum atomic E-state index is 0.0155. The average Bonchev–Trinajstić information content (AvgIpc) is 2.41. The van der Waals surface area contributed by atoms with Crippen LogP contribution in [0.15, 0.2) is 48.5 Å². The van der Waals surface area contributed by atoms with E-state index in [1.54, 1.807) is 0 Å². The fourth-order valence-corrected chi connectivity index (χ4v) is 2.19. The topological polar surface area (TPSA) is 29.5 Å². The van der Waals surface area contributed by atoms with Crippen LogP contribution in [-0.4, -0.2) is 18.3 Å². The predicted molar refractivity (Wildman–Crippen MR) is 77.7 cm³/mol. The van der Waals surface area contributed by atoms with E-state index in [1.807, 2.05) is 43.3 Å². The van der Waals surface area contributed by atoms with Gasteiger partial charge in [0, 0.05) is 5.92 Å². The monoisotopic (exact) mass is 256 g/mol. The molecule has 1 unspecified atom stereocenters. The molecule has 0 saturated heterocycles. The highest BCUT2D eigenvalue weighted by molar-refractivity contribution is 5.30. The van der Waals surface area contributed by atoms with Crippen molar-refractivity contribution in [3.8, 4) is 5.75 Å². The maximum absolute atomic E-state index is 9.56. The zero-order valence-electron chi connectivity index (χ0n) is 11.5. The molecule has 2 aromatic carbocycles. The lowest BCUT2D eigenvalue weighted by atomic mass is 9.96. The number of aliphatic hydroxyl groups is 1. The lowest BCUT2D eigenvalue weighted by Crippen LogP contribution is -2.15. The summed E-state index contributed by atoms with van der Waals surface area (Å²) in [5, 5.41) is 9.56. The van der Waals surface area contributed by atoms with Gasteiger partial charge in [-0.1, -0.05) is 36.4 Å². The Hall–Kier alpha value is -1.80. The molecule has 2 nitrogen and oxygen atoms in total. The molecule has 0 bridgehead atoms. The van der Waals surface area contributed by atoms with E-state index < -0.39 is 0 Å². The smallest absolute Gasteiger partial charge is 0.119 e. The van der Waals surface area contributed by atoms with E-state index in [1.165, 1.54) is 11.1 Å². The molecule has 0 radical (unpaired) electrons. The molecular weight excluding hydrogens is 236 g/mol. The normalized spacial score (nSPS) is 12.2. The van der Waals surface area contributed by atoms with Crippen LogP contribution >= 0.6 is 0 Å². The van der Waals surface area contributed by atoms with E-state index in [2.05, 4.69) is 19.1 Å². The molecule has 2 rings (SSSR count). The summed E-state index contributed by atoms with van der Waals surface area (Å²) >= 11 is 0. The van der Waals surface area contributed by atoms with Gasteiger partial charge in [0.15, 0.2) is 0 Å². The van der Waals surface area contributed by atoms with Gasteiger partial charge in [0.25, 0.3) is 0 Å². The van der Waals surface area contributed by atoms with Crippen molar-refractivity contribution in [1.82, 2.24) is 0 Å². The molecule has 0 heterocycles. The summed E-state index contributed by atoms with van der Waals surface area (Å²) in [5.74, 6) is 0.869. The van der Waals surface area contributed by atoms with E-state index in [0.29, 0.717) is 6.61 Å². The highest BCUT2D eigenvalue weighted by atomic mass is 16.5. The number of aliphatic hydroxyl groups excluding tert-OH is 1. The maximum Gasteiger partial charge on any atom is 0.119 e. The summed E-state index contributed by atoms with van der Waals surface area (Å²) in [5.41, 5.74) is 3.51. The third-order valence-corrected chi connectivity index (χ3v) is 3.29. The Morgan fingerprint density at radius 1 is 1.05 bits per heavy atom. The van der Waals surface area contributed by atoms with Crippen LogP contribution in [0.4, 0.5) is 0 Å². The third kappa shape index (κ3) is 3.58. The predicted octanol–water partition coefficient (Wildman–Crippen LogP) is 3.46. The molecule has 0 saturated carbocycles. The van der Waals surface area contributed by atoms with Crippen molar-refractivity contribution in [3.63, 3.8) is 0 Å². The lowest BCUT2D eigenvalue weighted by Gasteiger charge is -2.18. The first-order valence-electron chi connectivity index (χ1n) is 6.56. The fraction of sp³-hybridized carbons (Fsp3) is 0.294. The van der Waals surface area contributed by atoms with Gasteiger partial charge in [-0.05, 0) is 42.7 Å². The highest BCUT2D eigenvalue weighted by Gasteiger charge is 2.13. The van der Waals surface area contributed by atoms with E-state index in [4.69, 9.17) is 4.74 Å². The molecule has 1 N–H and O–H groups in total. The summed E-state index contributed by atoms with van der Waals surface area (Å²) in [7, 11) is 0. The molecule has 0 aromatic heterocycles. The molecule has 0 aliphatic heterocycles. The molecule has 0 amide bonds. The van der Waals surface area contributed by atoms with Gasteiger partial charge in [-0.2, -0.15) is 0 Å². The van der Waals surface area contributed by atoms with E-state index >= 15 is 0 Å². The molecule has 0 spiro atoms. The van der Waals surface area contributed by atoms with Gasteiger partial charge >= 0.3 is 0 Å². The number of hydrogen-bond donors (Lipinski definition) is 1. The largest absolute Gasteiger partial charge is 0.493 e. The Kier molecular flexibility index (Phi) is 4.58. The molecule has 1 atom stereocenters. The Morgan fingerprint density at radius 3 is 2.53 bits per heavy atom. The molecule has 0 aliphatic carbocycles.